The summed E-state index contributed by atoms with van der Waals surface area (Å²) in [6.45, 7) is 0.564. The van der Waals surface area contributed by atoms with Crippen LogP contribution in [0.4, 0.5) is 4.39 Å². The minimum absolute atomic E-state index is 0.267. The molecule has 0 radical (unpaired) electrons. The number of hydrogen-bond acceptors (Lipinski definition) is 4. The number of aldehydes is 1. The Hall–Kier alpha value is -1.59. The predicted molar refractivity (Wildman–Crippen MR) is 68.9 cm³/mol. The molecule has 0 amide bonds. The first kappa shape index (κ1) is 12.9. The third kappa shape index (κ3) is 3.72. The molecule has 0 saturated carbocycles. The Bertz CT molecular complexity index is 484. The van der Waals surface area contributed by atoms with Crippen molar-refractivity contribution >= 4 is 17.6 Å². The van der Waals surface area contributed by atoms with Gasteiger partial charge in [0.25, 0.3) is 0 Å². The molecule has 1 heterocycles. The lowest BCUT2D eigenvalue weighted by atomic mass is 10.1. The van der Waals surface area contributed by atoms with E-state index in [2.05, 4.69) is 10.3 Å². The second-order valence-electron chi connectivity index (χ2n) is 3.93. The molecular weight excluding hydrogens is 251 g/mol. The molecule has 1 atom stereocenters. The normalized spacial score (nSPS) is 12.3. The fourth-order valence-electron chi connectivity index (χ4n) is 1.60. The maximum atomic E-state index is 12.7. The Kier molecular flexibility index (Phi) is 4.55. The molecule has 0 saturated heterocycles. The van der Waals surface area contributed by atoms with Crippen LogP contribution in [-0.2, 0) is 17.8 Å². The predicted octanol–water partition coefficient (Wildman–Crippen LogP) is 2.18. The monoisotopic (exact) mass is 264 g/mol. The first-order chi connectivity index (χ1) is 8.78. The lowest BCUT2D eigenvalue weighted by Crippen LogP contribution is -2.32. The number of carbonyl (C=O) groups is 1. The summed E-state index contributed by atoms with van der Waals surface area (Å²) in [5.74, 6) is -0.267. The van der Waals surface area contributed by atoms with Crippen LogP contribution in [0.15, 0.2) is 35.2 Å². The van der Waals surface area contributed by atoms with E-state index in [0.29, 0.717) is 13.0 Å². The molecule has 3 nitrogen and oxygen atoms in total. The van der Waals surface area contributed by atoms with Crippen molar-refractivity contribution in [2.24, 2.45) is 0 Å². The van der Waals surface area contributed by atoms with E-state index in [1.165, 1.54) is 23.5 Å². The average Bonchev–Trinajstić information content (AvgIpc) is 2.90. The first-order valence-corrected chi connectivity index (χ1v) is 6.52. The van der Waals surface area contributed by atoms with Gasteiger partial charge in [0.15, 0.2) is 0 Å². The highest BCUT2D eigenvalue weighted by Gasteiger charge is 2.08. The molecule has 1 aromatic carbocycles. The minimum Gasteiger partial charge on any atom is -0.302 e. The maximum absolute atomic E-state index is 12.7. The van der Waals surface area contributed by atoms with Crippen LogP contribution >= 0.6 is 11.3 Å². The summed E-state index contributed by atoms with van der Waals surface area (Å²) in [5, 5.41) is 5.05. The third-order valence-electron chi connectivity index (χ3n) is 2.56. The van der Waals surface area contributed by atoms with Crippen molar-refractivity contribution in [2.45, 2.75) is 19.0 Å². The van der Waals surface area contributed by atoms with Crippen molar-refractivity contribution in [1.29, 1.82) is 0 Å². The van der Waals surface area contributed by atoms with Crippen molar-refractivity contribution in [1.82, 2.24) is 10.3 Å². The molecule has 1 N–H and O–H groups in total. The second-order valence-corrected chi connectivity index (χ2v) is 4.65. The van der Waals surface area contributed by atoms with Crippen LogP contribution in [0.2, 0.25) is 0 Å². The quantitative estimate of drug-likeness (QED) is 0.813. The van der Waals surface area contributed by atoms with E-state index in [1.807, 2.05) is 5.38 Å². The molecular formula is C13H13FN2OS. The summed E-state index contributed by atoms with van der Waals surface area (Å²) in [4.78, 5) is 15.1. The van der Waals surface area contributed by atoms with Gasteiger partial charge >= 0.3 is 0 Å². The summed E-state index contributed by atoms with van der Waals surface area (Å²) in [7, 11) is 0. The largest absolute Gasteiger partial charge is 0.302 e. The van der Waals surface area contributed by atoms with Crippen molar-refractivity contribution in [3.8, 4) is 0 Å². The maximum Gasteiger partial charge on any atom is 0.137 e. The molecule has 0 fully saturated rings. The number of nitrogens with zero attached hydrogens (tertiary/aromatic N) is 1. The van der Waals surface area contributed by atoms with Crippen molar-refractivity contribution in [3.63, 3.8) is 0 Å². The molecule has 0 unspecified atom stereocenters. The molecule has 2 rings (SSSR count). The fourth-order valence-corrected chi connectivity index (χ4v) is 2.16. The minimum atomic E-state index is -0.280. The average molecular weight is 264 g/mol. The van der Waals surface area contributed by atoms with Crippen molar-refractivity contribution in [2.75, 3.05) is 0 Å². The zero-order valence-corrected chi connectivity index (χ0v) is 10.5. The highest BCUT2D eigenvalue weighted by Crippen LogP contribution is 2.06. The van der Waals surface area contributed by atoms with E-state index in [-0.39, 0.29) is 11.9 Å². The smallest absolute Gasteiger partial charge is 0.137 e. The lowest BCUT2D eigenvalue weighted by molar-refractivity contribution is -0.109. The molecule has 18 heavy (non-hydrogen) atoms. The number of hydrogen-bond donors (Lipinski definition) is 1. The van der Waals surface area contributed by atoms with Gasteiger partial charge in [-0.05, 0) is 24.1 Å². The van der Waals surface area contributed by atoms with E-state index >= 15 is 0 Å². The summed E-state index contributed by atoms with van der Waals surface area (Å²) in [5.41, 5.74) is 3.61. The van der Waals surface area contributed by atoms with E-state index in [1.54, 1.807) is 17.6 Å². The molecule has 0 aliphatic rings. The van der Waals surface area contributed by atoms with Gasteiger partial charge in [-0.3, -0.25) is 0 Å². The van der Waals surface area contributed by atoms with Gasteiger partial charge in [-0.15, -0.1) is 11.3 Å². The van der Waals surface area contributed by atoms with Crippen LogP contribution in [0, 0.1) is 5.82 Å². The van der Waals surface area contributed by atoms with E-state index in [0.717, 1.165) is 17.5 Å². The summed E-state index contributed by atoms with van der Waals surface area (Å²) in [6, 6.07) is 5.90. The van der Waals surface area contributed by atoms with Gasteiger partial charge in [-0.2, -0.15) is 0 Å². The van der Waals surface area contributed by atoms with Crippen molar-refractivity contribution < 1.29 is 9.18 Å². The number of benzene rings is 1. The second kappa shape index (κ2) is 6.37. The van der Waals surface area contributed by atoms with Gasteiger partial charge in [-0.25, -0.2) is 9.37 Å². The Morgan fingerprint density at radius 1 is 1.39 bits per heavy atom. The van der Waals surface area contributed by atoms with Crippen LogP contribution in [-0.4, -0.2) is 17.3 Å². The number of nitrogens with one attached hydrogen (secondary N) is 1. The molecule has 0 aliphatic heterocycles. The summed E-state index contributed by atoms with van der Waals surface area (Å²) in [6.07, 6.45) is 1.42. The van der Waals surface area contributed by atoms with Gasteiger partial charge < -0.3 is 10.1 Å². The van der Waals surface area contributed by atoms with Gasteiger partial charge in [0.05, 0.1) is 17.2 Å². The van der Waals surface area contributed by atoms with Crippen LogP contribution in [0.3, 0.4) is 0 Å². The molecule has 94 valence electrons. The number of rotatable bonds is 6. The SMILES string of the molecule is O=C[C@H](Cc1ccc(F)cc1)NCc1cscn1. The van der Waals surface area contributed by atoms with Crippen molar-refractivity contribution in [3.05, 3.63) is 52.2 Å². The molecule has 2 aromatic rings. The molecule has 0 bridgehead atoms. The highest BCUT2D eigenvalue weighted by atomic mass is 32.1. The Balaban J connectivity index is 1.89. The summed E-state index contributed by atoms with van der Waals surface area (Å²) < 4.78 is 12.7. The third-order valence-corrected chi connectivity index (χ3v) is 3.20. The Morgan fingerprint density at radius 3 is 2.78 bits per heavy atom. The van der Waals surface area contributed by atoms with Gasteiger partial charge in [0.2, 0.25) is 0 Å². The van der Waals surface area contributed by atoms with Crippen LogP contribution in [0.5, 0.6) is 0 Å². The topological polar surface area (TPSA) is 42.0 Å². The Morgan fingerprint density at radius 2 is 2.17 bits per heavy atom. The fraction of sp³-hybridized carbons (Fsp3) is 0.231. The van der Waals surface area contributed by atoms with Crippen LogP contribution in [0.1, 0.15) is 11.3 Å². The van der Waals surface area contributed by atoms with Gasteiger partial charge in [-0.1, -0.05) is 12.1 Å². The van der Waals surface area contributed by atoms with E-state index in [9.17, 15) is 9.18 Å². The molecule has 0 aliphatic carbocycles. The van der Waals surface area contributed by atoms with Gasteiger partial charge in [0.1, 0.15) is 12.1 Å². The molecule has 0 spiro atoms. The van der Waals surface area contributed by atoms with Crippen LogP contribution in [0.25, 0.3) is 0 Å². The first-order valence-electron chi connectivity index (χ1n) is 5.58. The van der Waals surface area contributed by atoms with Crippen LogP contribution < -0.4 is 5.32 Å². The molecule has 5 heteroatoms. The number of halogens is 1. The Labute approximate surface area is 109 Å². The van der Waals surface area contributed by atoms with Gasteiger partial charge in [0, 0.05) is 11.9 Å². The van der Waals surface area contributed by atoms with E-state index in [4.69, 9.17) is 0 Å². The number of carbonyl (C=O) groups excluding carboxylic acids is 1. The standard InChI is InChI=1S/C13H13FN2OS/c14-11-3-1-10(2-4-11)5-12(7-17)15-6-13-8-18-9-16-13/h1-4,7-9,12,15H,5-6H2/t12-/m0/s1. The lowest BCUT2D eigenvalue weighted by Gasteiger charge is -2.11. The molecule has 1 aromatic heterocycles. The zero-order valence-electron chi connectivity index (χ0n) is 9.67. The highest BCUT2D eigenvalue weighted by molar-refractivity contribution is 7.07. The number of thiazole rings is 1. The van der Waals surface area contributed by atoms with E-state index < -0.39 is 0 Å². The summed E-state index contributed by atoms with van der Waals surface area (Å²) >= 11 is 1.52. The zero-order chi connectivity index (χ0) is 12.8. The number of aromatic nitrogens is 1.